The van der Waals surface area contributed by atoms with Gasteiger partial charge in [-0.2, -0.15) is 5.10 Å². The number of fused-ring (bicyclic) bond motifs is 1. The van der Waals surface area contributed by atoms with Gasteiger partial charge in [-0.3, -0.25) is 4.79 Å². The van der Waals surface area contributed by atoms with Gasteiger partial charge in [-0.05, 0) is 55.0 Å². The fourth-order valence-corrected chi connectivity index (χ4v) is 4.49. The Hall–Kier alpha value is -4.20. The predicted octanol–water partition coefficient (Wildman–Crippen LogP) is 5.52. The number of nitrogens with zero attached hydrogens (tertiary/aromatic N) is 2. The number of hydrogen-bond donors (Lipinski definition) is 1. The molecule has 3 aromatic carbocycles. The van der Waals surface area contributed by atoms with E-state index in [4.69, 9.17) is 9.47 Å². The van der Waals surface area contributed by atoms with Gasteiger partial charge in [-0.1, -0.05) is 24.3 Å². The van der Waals surface area contributed by atoms with Gasteiger partial charge in [0.25, 0.3) is 0 Å². The van der Waals surface area contributed by atoms with Crippen molar-refractivity contribution in [2.24, 2.45) is 0 Å². The van der Waals surface area contributed by atoms with Gasteiger partial charge in [-0.15, -0.1) is 0 Å². The van der Waals surface area contributed by atoms with Crippen LogP contribution in [0.2, 0.25) is 0 Å². The number of hydrogen-bond acceptors (Lipinski definition) is 4. The number of para-hydroxylation sites is 1. The first-order valence-corrected chi connectivity index (χ1v) is 11.1. The van der Waals surface area contributed by atoms with Crippen molar-refractivity contribution in [3.63, 3.8) is 0 Å². The van der Waals surface area contributed by atoms with Crippen molar-refractivity contribution >= 4 is 11.7 Å². The maximum atomic E-state index is 13.7. The predicted molar refractivity (Wildman–Crippen MR) is 127 cm³/mol. The Kier molecular flexibility index (Phi) is 5.94. The molecule has 1 amide bonds. The standard InChI is InChI=1S/C27H23F2N3O3/c1-16-25-22(14-24(33)30-27(25)32(31-16)20-11-9-18(28)10-12-20)21-7-4-8-23(34-2)26(21)35-15-17-5-3-6-19(29)13-17/h3-13,22H,14-15H2,1-2H3,(H,30,33)/t22-/m1/s1. The minimum atomic E-state index is -0.357. The average molecular weight is 475 g/mol. The van der Waals surface area contributed by atoms with Crippen molar-refractivity contribution in [3.05, 3.63) is 101 Å². The molecule has 0 fully saturated rings. The maximum Gasteiger partial charge on any atom is 0.226 e. The first-order chi connectivity index (χ1) is 16.9. The monoisotopic (exact) mass is 475 g/mol. The van der Waals surface area contributed by atoms with Crippen LogP contribution in [0.5, 0.6) is 11.5 Å². The van der Waals surface area contributed by atoms with Gasteiger partial charge >= 0.3 is 0 Å². The lowest BCUT2D eigenvalue weighted by atomic mass is 9.85. The molecule has 1 aromatic heterocycles. The summed E-state index contributed by atoms with van der Waals surface area (Å²) in [7, 11) is 1.55. The molecule has 0 spiro atoms. The number of carbonyl (C=O) groups excluding carboxylic acids is 1. The summed E-state index contributed by atoms with van der Waals surface area (Å²) in [5, 5.41) is 7.57. The molecule has 178 valence electrons. The van der Waals surface area contributed by atoms with Crippen LogP contribution < -0.4 is 14.8 Å². The van der Waals surface area contributed by atoms with Gasteiger partial charge in [0, 0.05) is 23.5 Å². The van der Waals surface area contributed by atoms with Crippen LogP contribution in [-0.4, -0.2) is 22.8 Å². The number of ether oxygens (including phenoxy) is 2. The fraction of sp³-hybridized carbons (Fsp3) is 0.185. The summed E-state index contributed by atoms with van der Waals surface area (Å²) in [6.07, 6.45) is 0.187. The third kappa shape index (κ3) is 4.35. The van der Waals surface area contributed by atoms with E-state index in [2.05, 4.69) is 10.4 Å². The number of anilines is 1. The van der Waals surface area contributed by atoms with Crippen molar-refractivity contribution in [2.75, 3.05) is 12.4 Å². The van der Waals surface area contributed by atoms with E-state index in [0.717, 1.165) is 16.8 Å². The molecule has 1 atom stereocenters. The van der Waals surface area contributed by atoms with Gasteiger partial charge in [0.1, 0.15) is 24.1 Å². The molecular weight excluding hydrogens is 452 g/mol. The largest absolute Gasteiger partial charge is 0.493 e. The van der Waals surface area contributed by atoms with Crippen molar-refractivity contribution in [1.29, 1.82) is 0 Å². The highest BCUT2D eigenvalue weighted by molar-refractivity contribution is 5.95. The van der Waals surface area contributed by atoms with Crippen LogP contribution in [0.1, 0.15) is 34.7 Å². The molecule has 0 unspecified atom stereocenters. The molecule has 5 rings (SSSR count). The van der Waals surface area contributed by atoms with Crippen LogP contribution >= 0.6 is 0 Å². The van der Waals surface area contributed by atoms with Crippen LogP contribution in [0.3, 0.4) is 0 Å². The number of aryl methyl sites for hydroxylation is 1. The highest BCUT2D eigenvalue weighted by Crippen LogP contribution is 2.46. The van der Waals surface area contributed by atoms with E-state index in [1.807, 2.05) is 19.1 Å². The third-order valence-electron chi connectivity index (χ3n) is 6.05. The van der Waals surface area contributed by atoms with Crippen LogP contribution in [0.4, 0.5) is 14.6 Å². The molecule has 6 nitrogen and oxygen atoms in total. The van der Waals surface area contributed by atoms with E-state index >= 15 is 0 Å². The molecule has 2 heterocycles. The van der Waals surface area contributed by atoms with E-state index in [1.54, 1.807) is 42.1 Å². The first kappa shape index (κ1) is 22.6. The molecule has 4 aromatic rings. The lowest BCUT2D eigenvalue weighted by Crippen LogP contribution is -2.25. The number of carbonyl (C=O) groups is 1. The SMILES string of the molecule is COc1cccc([C@H]2CC(=O)Nc3c2c(C)nn3-c2ccc(F)cc2)c1OCc1cccc(F)c1. The van der Waals surface area contributed by atoms with E-state index in [1.165, 1.54) is 24.3 Å². The number of aromatic nitrogens is 2. The fourth-order valence-electron chi connectivity index (χ4n) is 4.49. The topological polar surface area (TPSA) is 65.4 Å². The molecule has 1 N–H and O–H groups in total. The lowest BCUT2D eigenvalue weighted by Gasteiger charge is -2.26. The highest BCUT2D eigenvalue weighted by Gasteiger charge is 2.35. The lowest BCUT2D eigenvalue weighted by molar-refractivity contribution is -0.116. The quantitative estimate of drug-likeness (QED) is 0.399. The minimum absolute atomic E-state index is 0.130. The van der Waals surface area contributed by atoms with Gasteiger partial charge in [0.05, 0.1) is 18.5 Å². The Morgan fingerprint density at radius 1 is 1.06 bits per heavy atom. The van der Waals surface area contributed by atoms with Crippen LogP contribution in [0.25, 0.3) is 5.69 Å². The number of rotatable bonds is 6. The molecule has 8 heteroatoms. The average Bonchev–Trinajstić information content (AvgIpc) is 3.18. The van der Waals surface area contributed by atoms with Gasteiger partial charge in [-0.25, -0.2) is 13.5 Å². The van der Waals surface area contributed by atoms with Gasteiger partial charge in [0.15, 0.2) is 11.5 Å². The smallest absolute Gasteiger partial charge is 0.226 e. The molecule has 1 aliphatic heterocycles. The maximum absolute atomic E-state index is 13.7. The molecule has 0 bridgehead atoms. The molecule has 0 aliphatic carbocycles. The van der Waals surface area contributed by atoms with E-state index in [9.17, 15) is 13.6 Å². The zero-order valence-corrected chi connectivity index (χ0v) is 19.2. The van der Waals surface area contributed by atoms with Crippen molar-refractivity contribution in [2.45, 2.75) is 25.9 Å². The van der Waals surface area contributed by atoms with Crippen LogP contribution in [0, 0.1) is 18.6 Å². The van der Waals surface area contributed by atoms with Crippen molar-refractivity contribution in [1.82, 2.24) is 9.78 Å². The Morgan fingerprint density at radius 2 is 1.83 bits per heavy atom. The summed E-state index contributed by atoms with van der Waals surface area (Å²) in [5.74, 6) is 0.298. The summed E-state index contributed by atoms with van der Waals surface area (Å²) < 4.78 is 40.5. The summed E-state index contributed by atoms with van der Waals surface area (Å²) in [5.41, 5.74) is 3.64. The Bertz CT molecular complexity index is 1400. The number of nitrogens with one attached hydrogen (secondary N) is 1. The summed E-state index contributed by atoms with van der Waals surface area (Å²) in [4.78, 5) is 12.8. The zero-order valence-electron chi connectivity index (χ0n) is 19.2. The van der Waals surface area contributed by atoms with E-state index in [-0.39, 0.29) is 36.5 Å². The van der Waals surface area contributed by atoms with Gasteiger partial charge in [0.2, 0.25) is 5.91 Å². The number of halogens is 2. The Morgan fingerprint density at radius 3 is 2.57 bits per heavy atom. The second-order valence-electron chi connectivity index (χ2n) is 8.34. The number of benzene rings is 3. The molecule has 35 heavy (non-hydrogen) atoms. The van der Waals surface area contributed by atoms with Crippen molar-refractivity contribution < 1.29 is 23.0 Å². The minimum Gasteiger partial charge on any atom is -0.493 e. The number of methoxy groups -OCH3 is 1. The normalized spacial score (nSPS) is 14.9. The molecular formula is C27H23F2N3O3. The molecule has 0 saturated carbocycles. The van der Waals surface area contributed by atoms with E-state index < -0.39 is 0 Å². The Balaban J connectivity index is 1.58. The summed E-state index contributed by atoms with van der Waals surface area (Å²) >= 11 is 0. The summed E-state index contributed by atoms with van der Waals surface area (Å²) in [6.45, 7) is 2.00. The highest BCUT2D eigenvalue weighted by atomic mass is 19.1. The second-order valence-corrected chi connectivity index (χ2v) is 8.34. The molecule has 0 saturated heterocycles. The van der Waals surface area contributed by atoms with E-state index in [0.29, 0.717) is 28.6 Å². The van der Waals surface area contributed by atoms with Crippen LogP contribution in [-0.2, 0) is 11.4 Å². The molecule has 1 aliphatic rings. The second kappa shape index (κ2) is 9.21. The summed E-state index contributed by atoms with van der Waals surface area (Å²) in [6, 6.07) is 17.6. The number of amides is 1. The third-order valence-corrected chi connectivity index (χ3v) is 6.05. The molecule has 0 radical (unpaired) electrons. The first-order valence-electron chi connectivity index (χ1n) is 11.1. The van der Waals surface area contributed by atoms with Crippen LogP contribution in [0.15, 0.2) is 66.7 Å². The zero-order chi connectivity index (χ0) is 24.5. The van der Waals surface area contributed by atoms with Crippen molar-refractivity contribution in [3.8, 4) is 17.2 Å². The Labute approximate surface area is 201 Å². The van der Waals surface area contributed by atoms with Gasteiger partial charge < -0.3 is 14.8 Å².